The summed E-state index contributed by atoms with van der Waals surface area (Å²) >= 11 is 3.49. The molecule has 1 atom stereocenters. The average Bonchev–Trinajstić information content (AvgIpc) is 2.59. The highest BCUT2D eigenvalue weighted by molar-refractivity contribution is 9.10. The van der Waals surface area contributed by atoms with E-state index in [-0.39, 0.29) is 11.1 Å². The molecule has 1 rings (SSSR count). The van der Waals surface area contributed by atoms with Crippen LogP contribution in [0.2, 0.25) is 18.1 Å². The maximum atomic E-state index is 6.45. The first-order valence-electron chi connectivity index (χ1n) is 6.93. The van der Waals surface area contributed by atoms with E-state index in [1.165, 1.54) is 0 Å². The second-order valence-electron chi connectivity index (χ2n) is 6.72. The number of rotatable bonds is 6. The minimum absolute atomic E-state index is 0.0337. The summed E-state index contributed by atoms with van der Waals surface area (Å²) in [6.45, 7) is 14.6. The van der Waals surface area contributed by atoms with Crippen LogP contribution >= 0.6 is 15.9 Å². The Balaban J connectivity index is 2.82. The second-order valence-corrected chi connectivity index (χ2v) is 12.3. The lowest BCUT2D eigenvalue weighted by Gasteiger charge is -2.39. The van der Waals surface area contributed by atoms with Crippen LogP contribution in [0.25, 0.3) is 0 Å². The van der Waals surface area contributed by atoms with Crippen molar-refractivity contribution >= 4 is 24.2 Å². The Morgan fingerprint density at radius 2 is 2.00 bits per heavy atom. The average molecular weight is 363 g/mol. The summed E-state index contributed by atoms with van der Waals surface area (Å²) in [6, 6.07) is 0. The molecule has 0 bridgehead atoms. The molecule has 0 N–H and O–H groups in total. The molecule has 0 unspecified atom stereocenters. The molecule has 1 heterocycles. The Hall–Kier alpha value is -0.173. The van der Waals surface area contributed by atoms with Gasteiger partial charge in [-0.1, -0.05) is 20.8 Å². The van der Waals surface area contributed by atoms with E-state index in [0.29, 0.717) is 6.61 Å². The number of nitrogens with zero attached hydrogens (tertiary/aromatic N) is 2. The maximum absolute atomic E-state index is 6.45. The molecule has 0 aliphatic heterocycles. The first-order chi connectivity index (χ1) is 9.08. The second kappa shape index (κ2) is 6.73. The van der Waals surface area contributed by atoms with Gasteiger partial charge in [-0.3, -0.25) is 4.68 Å². The Labute approximate surface area is 132 Å². The quantitative estimate of drug-likeness (QED) is 0.717. The van der Waals surface area contributed by atoms with Crippen molar-refractivity contribution in [3.05, 3.63) is 16.4 Å². The molecule has 116 valence electrons. The summed E-state index contributed by atoms with van der Waals surface area (Å²) in [5.41, 5.74) is 1.12. The van der Waals surface area contributed by atoms with Gasteiger partial charge in [0.05, 0.1) is 29.9 Å². The number of hydrogen-bond acceptors (Lipinski definition) is 3. The van der Waals surface area contributed by atoms with E-state index in [1.807, 2.05) is 17.8 Å². The highest BCUT2D eigenvalue weighted by Crippen LogP contribution is 2.37. The molecule has 20 heavy (non-hydrogen) atoms. The third-order valence-electron chi connectivity index (χ3n) is 4.04. The zero-order valence-electron chi connectivity index (χ0n) is 13.7. The van der Waals surface area contributed by atoms with Gasteiger partial charge in [-0.2, -0.15) is 5.10 Å². The first-order valence-corrected chi connectivity index (χ1v) is 10.6. The summed E-state index contributed by atoms with van der Waals surface area (Å²) in [6.07, 6.45) is 1.86. The highest BCUT2D eigenvalue weighted by Gasteiger charge is 2.39. The summed E-state index contributed by atoms with van der Waals surface area (Å²) in [7, 11) is -0.0863. The summed E-state index contributed by atoms with van der Waals surface area (Å²) < 4.78 is 14.8. The summed E-state index contributed by atoms with van der Waals surface area (Å²) in [5.74, 6) is 0. The Morgan fingerprint density at radius 3 is 2.40 bits per heavy atom. The smallest absolute Gasteiger partial charge is 0.192 e. The number of ether oxygens (including phenoxy) is 1. The molecule has 0 aliphatic rings. The van der Waals surface area contributed by atoms with E-state index in [9.17, 15) is 0 Å². The minimum Gasteiger partial charge on any atom is -0.410 e. The lowest BCUT2D eigenvalue weighted by molar-refractivity contribution is 0.0582. The summed E-state index contributed by atoms with van der Waals surface area (Å²) in [5, 5.41) is 4.57. The van der Waals surface area contributed by atoms with Crippen molar-refractivity contribution in [1.29, 1.82) is 0 Å². The van der Waals surface area contributed by atoms with E-state index in [2.05, 4.69) is 54.9 Å². The summed E-state index contributed by atoms with van der Waals surface area (Å²) in [4.78, 5) is 0. The van der Waals surface area contributed by atoms with Gasteiger partial charge in [0, 0.05) is 12.8 Å². The van der Waals surface area contributed by atoms with Crippen molar-refractivity contribution in [2.24, 2.45) is 0 Å². The number of halogens is 1. The zero-order chi connectivity index (χ0) is 15.6. The van der Waals surface area contributed by atoms with Crippen LogP contribution in [0.3, 0.4) is 0 Å². The van der Waals surface area contributed by atoms with Crippen molar-refractivity contribution in [3.63, 3.8) is 0 Å². The third kappa shape index (κ3) is 4.41. The van der Waals surface area contributed by atoms with E-state index in [0.717, 1.165) is 16.7 Å². The fraction of sp³-hybridized carbons (Fsp3) is 0.786. The number of methoxy groups -OCH3 is 1. The van der Waals surface area contributed by atoms with E-state index in [4.69, 9.17) is 9.16 Å². The lowest BCUT2D eigenvalue weighted by atomic mass is 10.2. The molecule has 0 aliphatic carbocycles. The Morgan fingerprint density at radius 1 is 1.40 bits per heavy atom. The molecule has 0 radical (unpaired) electrons. The molecule has 0 saturated carbocycles. The maximum Gasteiger partial charge on any atom is 0.192 e. The molecule has 0 amide bonds. The van der Waals surface area contributed by atoms with Crippen molar-refractivity contribution < 1.29 is 9.16 Å². The molecule has 6 heteroatoms. The molecule has 0 spiro atoms. The number of hydrogen-bond donors (Lipinski definition) is 0. The SMILES string of the molecule is COC[C@@H](Cn1ncc(Br)c1C)O[Si](C)(C)C(C)(C)C. The van der Waals surface area contributed by atoms with Crippen LogP contribution in [-0.2, 0) is 15.7 Å². The normalized spacial score (nSPS) is 14.6. The van der Waals surface area contributed by atoms with Crippen LogP contribution in [0.1, 0.15) is 26.5 Å². The van der Waals surface area contributed by atoms with E-state index >= 15 is 0 Å². The van der Waals surface area contributed by atoms with Crippen molar-refractivity contribution in [1.82, 2.24) is 9.78 Å². The van der Waals surface area contributed by atoms with Crippen LogP contribution in [0.15, 0.2) is 10.7 Å². The highest BCUT2D eigenvalue weighted by atomic mass is 79.9. The zero-order valence-corrected chi connectivity index (χ0v) is 16.2. The topological polar surface area (TPSA) is 36.3 Å². The predicted octanol–water partition coefficient (Wildman–Crippen LogP) is 3.99. The molecule has 0 saturated heterocycles. The van der Waals surface area contributed by atoms with Crippen LogP contribution in [-0.4, -0.2) is 37.9 Å². The fourth-order valence-corrected chi connectivity index (χ4v) is 3.33. The van der Waals surface area contributed by atoms with E-state index in [1.54, 1.807) is 7.11 Å². The lowest BCUT2D eigenvalue weighted by Crippen LogP contribution is -2.46. The molecule has 0 fully saturated rings. The van der Waals surface area contributed by atoms with Gasteiger partial charge in [-0.15, -0.1) is 0 Å². The third-order valence-corrected chi connectivity index (χ3v) is 9.35. The molecule has 1 aromatic heterocycles. The largest absolute Gasteiger partial charge is 0.410 e. The Kier molecular flexibility index (Phi) is 6.01. The van der Waals surface area contributed by atoms with Crippen LogP contribution in [0.4, 0.5) is 0 Å². The van der Waals surface area contributed by atoms with Gasteiger partial charge in [-0.05, 0) is 41.0 Å². The first kappa shape index (κ1) is 17.9. The standard InChI is InChI=1S/C14H27BrN2O2Si/c1-11-13(15)8-16-17(11)9-12(10-18-5)19-20(6,7)14(2,3)4/h8,12H,9-10H2,1-7H3/t12-/m1/s1. The van der Waals surface area contributed by atoms with Crippen molar-refractivity contribution in [3.8, 4) is 0 Å². The molecule has 0 aromatic carbocycles. The van der Waals surface area contributed by atoms with Gasteiger partial charge in [0.1, 0.15) is 0 Å². The van der Waals surface area contributed by atoms with Gasteiger partial charge < -0.3 is 9.16 Å². The van der Waals surface area contributed by atoms with Crippen molar-refractivity contribution in [2.45, 2.75) is 58.5 Å². The molecular formula is C14H27BrN2O2Si. The van der Waals surface area contributed by atoms with Crippen LogP contribution < -0.4 is 0 Å². The minimum atomic E-state index is -1.80. The fourth-order valence-electron chi connectivity index (χ4n) is 1.70. The van der Waals surface area contributed by atoms with E-state index < -0.39 is 8.32 Å². The van der Waals surface area contributed by atoms with Crippen molar-refractivity contribution in [2.75, 3.05) is 13.7 Å². The van der Waals surface area contributed by atoms with Gasteiger partial charge in [0.15, 0.2) is 8.32 Å². The Bertz CT molecular complexity index is 441. The monoisotopic (exact) mass is 362 g/mol. The number of aromatic nitrogens is 2. The molecule has 4 nitrogen and oxygen atoms in total. The van der Waals surface area contributed by atoms with Gasteiger partial charge >= 0.3 is 0 Å². The molecule has 1 aromatic rings. The van der Waals surface area contributed by atoms with Crippen LogP contribution in [0, 0.1) is 6.92 Å². The molecular weight excluding hydrogens is 336 g/mol. The predicted molar refractivity (Wildman–Crippen MR) is 88.6 cm³/mol. The van der Waals surface area contributed by atoms with Gasteiger partial charge in [-0.25, -0.2) is 0 Å². The van der Waals surface area contributed by atoms with Crippen LogP contribution in [0.5, 0.6) is 0 Å². The van der Waals surface area contributed by atoms with Gasteiger partial charge in [0.2, 0.25) is 0 Å². The van der Waals surface area contributed by atoms with Gasteiger partial charge in [0.25, 0.3) is 0 Å².